The second-order valence-corrected chi connectivity index (χ2v) is 4.53. The summed E-state index contributed by atoms with van der Waals surface area (Å²) in [6.45, 7) is 2.02. The van der Waals surface area contributed by atoms with Crippen LogP contribution in [0.4, 0.5) is 0 Å². The fraction of sp³-hybridized carbons (Fsp3) is 0.250. The molecule has 4 heteroatoms. The van der Waals surface area contributed by atoms with Crippen LogP contribution in [0.25, 0.3) is 16.7 Å². The van der Waals surface area contributed by atoms with Crippen LogP contribution in [0.15, 0.2) is 42.7 Å². The van der Waals surface area contributed by atoms with Gasteiger partial charge in [0.2, 0.25) is 0 Å². The van der Waals surface area contributed by atoms with Crippen LogP contribution in [0.3, 0.4) is 0 Å². The molecule has 0 aliphatic heterocycles. The standard InChI is InChI=1S/C16H18N2O2/c1-4-12(9-16(19)20-3)13-5-7-14(8-6-13)15-10-17-18(2)11-15/h5-11H,4H2,1-3H3/b12-9+. The lowest BCUT2D eigenvalue weighted by Gasteiger charge is -2.06. The van der Waals surface area contributed by atoms with Gasteiger partial charge in [0.05, 0.1) is 13.3 Å². The molecule has 0 bridgehead atoms. The Bertz CT molecular complexity index is 624. The molecule has 0 aliphatic rings. The van der Waals surface area contributed by atoms with Gasteiger partial charge in [-0.3, -0.25) is 4.68 Å². The van der Waals surface area contributed by atoms with Gasteiger partial charge < -0.3 is 4.74 Å². The average Bonchev–Trinajstić information content (AvgIpc) is 2.91. The van der Waals surface area contributed by atoms with Crippen molar-refractivity contribution < 1.29 is 9.53 Å². The second-order valence-electron chi connectivity index (χ2n) is 4.53. The van der Waals surface area contributed by atoms with Crippen molar-refractivity contribution in [2.24, 2.45) is 7.05 Å². The number of methoxy groups -OCH3 is 1. The summed E-state index contributed by atoms with van der Waals surface area (Å²) >= 11 is 0. The molecule has 0 unspecified atom stereocenters. The minimum absolute atomic E-state index is 0.321. The Morgan fingerprint density at radius 2 is 2.00 bits per heavy atom. The van der Waals surface area contributed by atoms with Crippen molar-refractivity contribution in [1.29, 1.82) is 0 Å². The highest BCUT2D eigenvalue weighted by atomic mass is 16.5. The van der Waals surface area contributed by atoms with Crippen molar-refractivity contribution in [2.45, 2.75) is 13.3 Å². The third-order valence-electron chi connectivity index (χ3n) is 3.17. The van der Waals surface area contributed by atoms with Crippen LogP contribution in [0, 0.1) is 0 Å². The van der Waals surface area contributed by atoms with E-state index in [1.54, 1.807) is 10.8 Å². The molecule has 1 aromatic heterocycles. The molecule has 0 saturated heterocycles. The number of allylic oxidation sites excluding steroid dienone is 1. The Hall–Kier alpha value is -2.36. The first-order valence-corrected chi connectivity index (χ1v) is 6.52. The summed E-state index contributed by atoms with van der Waals surface area (Å²) in [5, 5.41) is 4.16. The maximum atomic E-state index is 11.3. The fourth-order valence-electron chi connectivity index (χ4n) is 2.04. The van der Waals surface area contributed by atoms with Gasteiger partial charge >= 0.3 is 5.97 Å². The van der Waals surface area contributed by atoms with Gasteiger partial charge in [-0.1, -0.05) is 31.2 Å². The van der Waals surface area contributed by atoms with Gasteiger partial charge in [-0.15, -0.1) is 0 Å². The first kappa shape index (κ1) is 14.1. The average molecular weight is 270 g/mol. The van der Waals surface area contributed by atoms with Crippen LogP contribution in [-0.2, 0) is 16.6 Å². The van der Waals surface area contributed by atoms with Gasteiger partial charge in [-0.05, 0) is 23.1 Å². The van der Waals surface area contributed by atoms with Crippen molar-refractivity contribution in [3.05, 3.63) is 48.3 Å². The van der Waals surface area contributed by atoms with E-state index in [0.717, 1.165) is 28.7 Å². The fourth-order valence-corrected chi connectivity index (χ4v) is 2.04. The highest BCUT2D eigenvalue weighted by Crippen LogP contribution is 2.23. The molecule has 1 heterocycles. The number of esters is 1. The molecule has 0 fully saturated rings. The van der Waals surface area contributed by atoms with Crippen LogP contribution in [0.1, 0.15) is 18.9 Å². The summed E-state index contributed by atoms with van der Waals surface area (Å²) in [4.78, 5) is 11.3. The number of rotatable bonds is 4. The molecule has 0 amide bonds. The second kappa shape index (κ2) is 6.19. The van der Waals surface area contributed by atoms with Crippen LogP contribution in [0.5, 0.6) is 0 Å². The third kappa shape index (κ3) is 3.15. The van der Waals surface area contributed by atoms with E-state index in [1.165, 1.54) is 7.11 Å². The molecule has 20 heavy (non-hydrogen) atoms. The Balaban J connectivity index is 2.27. The highest BCUT2D eigenvalue weighted by Gasteiger charge is 2.05. The first-order valence-electron chi connectivity index (χ1n) is 6.52. The SMILES string of the molecule is CC/C(=C\C(=O)OC)c1ccc(-c2cnn(C)c2)cc1. The van der Waals surface area contributed by atoms with E-state index < -0.39 is 0 Å². The van der Waals surface area contributed by atoms with Crippen molar-refractivity contribution in [3.63, 3.8) is 0 Å². The number of hydrogen-bond donors (Lipinski definition) is 0. The zero-order valence-corrected chi connectivity index (χ0v) is 12.0. The maximum Gasteiger partial charge on any atom is 0.330 e. The molecular formula is C16H18N2O2. The van der Waals surface area contributed by atoms with Gasteiger partial charge in [0.25, 0.3) is 0 Å². The molecule has 0 N–H and O–H groups in total. The van der Waals surface area contributed by atoms with Crippen LogP contribution in [0.2, 0.25) is 0 Å². The van der Waals surface area contributed by atoms with Gasteiger partial charge in [-0.25, -0.2) is 4.79 Å². The number of ether oxygens (including phenoxy) is 1. The number of aromatic nitrogens is 2. The smallest absolute Gasteiger partial charge is 0.330 e. The zero-order valence-electron chi connectivity index (χ0n) is 12.0. The quantitative estimate of drug-likeness (QED) is 0.633. The third-order valence-corrected chi connectivity index (χ3v) is 3.17. The highest BCUT2D eigenvalue weighted by molar-refractivity contribution is 5.91. The van der Waals surface area contributed by atoms with Crippen LogP contribution < -0.4 is 0 Å². The molecule has 2 rings (SSSR count). The predicted octanol–water partition coefficient (Wildman–Crippen LogP) is 3.05. The molecule has 0 saturated carbocycles. The molecule has 1 aromatic carbocycles. The lowest BCUT2D eigenvalue weighted by molar-refractivity contribution is -0.134. The van der Waals surface area contributed by atoms with Gasteiger partial charge in [0.15, 0.2) is 0 Å². The summed E-state index contributed by atoms with van der Waals surface area (Å²) < 4.78 is 6.45. The minimum atomic E-state index is -0.321. The largest absolute Gasteiger partial charge is 0.466 e. The number of carbonyl (C=O) groups is 1. The predicted molar refractivity (Wildman–Crippen MR) is 78.9 cm³/mol. The molecule has 0 spiro atoms. The van der Waals surface area contributed by atoms with Gasteiger partial charge in [0, 0.05) is 24.9 Å². The topological polar surface area (TPSA) is 44.1 Å². The van der Waals surface area contributed by atoms with E-state index in [1.807, 2.05) is 50.6 Å². The van der Waals surface area contributed by atoms with E-state index >= 15 is 0 Å². The Labute approximate surface area is 118 Å². The number of aryl methyl sites for hydroxylation is 1. The van der Waals surface area contributed by atoms with Crippen molar-refractivity contribution in [3.8, 4) is 11.1 Å². The molecule has 0 aliphatic carbocycles. The van der Waals surface area contributed by atoms with E-state index in [4.69, 9.17) is 0 Å². The molecule has 4 nitrogen and oxygen atoms in total. The Morgan fingerprint density at radius 3 is 2.50 bits per heavy atom. The summed E-state index contributed by atoms with van der Waals surface area (Å²) in [6.07, 6.45) is 6.13. The summed E-state index contributed by atoms with van der Waals surface area (Å²) in [6, 6.07) is 8.10. The zero-order chi connectivity index (χ0) is 14.5. The number of nitrogens with zero attached hydrogens (tertiary/aromatic N) is 2. The molecular weight excluding hydrogens is 252 g/mol. The number of hydrogen-bond acceptors (Lipinski definition) is 3. The van der Waals surface area contributed by atoms with Crippen LogP contribution in [-0.4, -0.2) is 22.9 Å². The summed E-state index contributed by atoms with van der Waals surface area (Å²) in [5.74, 6) is -0.321. The maximum absolute atomic E-state index is 11.3. The van der Waals surface area contributed by atoms with Crippen LogP contribution >= 0.6 is 0 Å². The molecule has 2 aromatic rings. The minimum Gasteiger partial charge on any atom is -0.466 e. The Morgan fingerprint density at radius 1 is 1.30 bits per heavy atom. The Kier molecular flexibility index (Phi) is 4.35. The van der Waals surface area contributed by atoms with E-state index in [-0.39, 0.29) is 5.97 Å². The summed E-state index contributed by atoms with van der Waals surface area (Å²) in [5.41, 5.74) is 4.18. The van der Waals surface area contributed by atoms with Crippen molar-refractivity contribution in [1.82, 2.24) is 9.78 Å². The first-order chi connectivity index (χ1) is 9.63. The lowest BCUT2D eigenvalue weighted by atomic mass is 10.00. The molecule has 0 atom stereocenters. The lowest BCUT2D eigenvalue weighted by Crippen LogP contribution is -1.96. The molecule has 0 radical (unpaired) electrons. The van der Waals surface area contributed by atoms with E-state index in [9.17, 15) is 4.79 Å². The monoisotopic (exact) mass is 270 g/mol. The number of carbonyl (C=O) groups excluding carboxylic acids is 1. The van der Waals surface area contributed by atoms with E-state index in [0.29, 0.717) is 0 Å². The van der Waals surface area contributed by atoms with E-state index in [2.05, 4.69) is 9.84 Å². The van der Waals surface area contributed by atoms with Gasteiger partial charge in [0.1, 0.15) is 0 Å². The van der Waals surface area contributed by atoms with Crippen molar-refractivity contribution in [2.75, 3.05) is 7.11 Å². The normalized spacial score (nSPS) is 11.4. The van der Waals surface area contributed by atoms with Gasteiger partial charge in [-0.2, -0.15) is 5.10 Å². The summed E-state index contributed by atoms with van der Waals surface area (Å²) in [7, 11) is 3.28. The number of benzene rings is 1. The van der Waals surface area contributed by atoms with Crippen molar-refractivity contribution >= 4 is 11.5 Å². The molecule has 104 valence electrons.